The molecule has 4 aromatic carbocycles. The number of aliphatic imine (C=N–C) groups is 2. The predicted octanol–water partition coefficient (Wildman–Crippen LogP) is 6.54. The molecule has 0 aromatic heterocycles. The third-order valence-corrected chi connectivity index (χ3v) is 4.63. The van der Waals surface area contributed by atoms with Crippen LogP contribution in [0.15, 0.2) is 107 Å². The van der Waals surface area contributed by atoms with Gasteiger partial charge in [-0.1, -0.05) is 72.8 Å². The molecule has 1 aliphatic carbocycles. The molecule has 5 rings (SSSR count). The van der Waals surface area contributed by atoms with Gasteiger partial charge in [0.1, 0.15) is 0 Å². The van der Waals surface area contributed by atoms with Crippen LogP contribution in [-0.2, 0) is 16.5 Å². The Bertz CT molecular complexity index is 1070. The summed E-state index contributed by atoms with van der Waals surface area (Å²) in [5.74, 6) is 0. The molecule has 0 spiro atoms. The summed E-state index contributed by atoms with van der Waals surface area (Å²) in [6, 6.07) is 32.9. The first-order valence-corrected chi connectivity index (χ1v) is 8.70. The summed E-state index contributed by atoms with van der Waals surface area (Å²) in [6.45, 7) is 0. The van der Waals surface area contributed by atoms with Crippen LogP contribution < -0.4 is 0 Å². The van der Waals surface area contributed by atoms with Crippen LogP contribution in [-0.4, -0.2) is 11.4 Å². The fraction of sp³-hybridized carbons (Fsp3) is 0. The van der Waals surface area contributed by atoms with Gasteiger partial charge in [0.15, 0.2) is 0 Å². The monoisotopic (exact) mass is 405 g/mol. The molecule has 0 aliphatic heterocycles. The van der Waals surface area contributed by atoms with Crippen molar-refractivity contribution < 1.29 is 16.5 Å². The van der Waals surface area contributed by atoms with Crippen molar-refractivity contribution in [3.8, 4) is 0 Å². The Morgan fingerprint density at radius 1 is 0.464 bits per heavy atom. The van der Waals surface area contributed by atoms with Gasteiger partial charge in [0.2, 0.25) is 0 Å². The second kappa shape index (κ2) is 8.33. The fourth-order valence-electron chi connectivity index (χ4n) is 3.48. The zero-order valence-corrected chi connectivity index (χ0v) is 16.4. The van der Waals surface area contributed by atoms with Gasteiger partial charge in [-0.2, -0.15) is 0 Å². The van der Waals surface area contributed by atoms with Crippen molar-refractivity contribution in [3.63, 3.8) is 0 Å². The van der Waals surface area contributed by atoms with Gasteiger partial charge in [-0.15, -0.1) is 0 Å². The molecule has 0 fully saturated rings. The largest absolute Gasteiger partial charge is 0.358 e. The van der Waals surface area contributed by atoms with Gasteiger partial charge in [-0.3, -0.25) is 0 Å². The van der Waals surface area contributed by atoms with Gasteiger partial charge in [-0.05, 0) is 29.7 Å². The number of para-hydroxylation sites is 2. The van der Waals surface area contributed by atoms with E-state index in [2.05, 4.69) is 36.4 Å². The fourth-order valence-corrected chi connectivity index (χ4v) is 3.48. The van der Waals surface area contributed by atoms with Gasteiger partial charge in [0.25, 0.3) is 0 Å². The average molecular weight is 406 g/mol. The topological polar surface area (TPSA) is 24.7 Å². The Balaban J connectivity index is 0.00000112. The Morgan fingerprint density at radius 2 is 0.893 bits per heavy atom. The zero-order chi connectivity index (χ0) is 17.3. The van der Waals surface area contributed by atoms with E-state index in [4.69, 9.17) is 9.98 Å². The molecule has 0 bridgehead atoms. The maximum absolute atomic E-state index is 4.96. The summed E-state index contributed by atoms with van der Waals surface area (Å²) in [5.41, 5.74) is 6.05. The summed E-state index contributed by atoms with van der Waals surface area (Å²) in [7, 11) is 0. The van der Waals surface area contributed by atoms with Crippen LogP contribution in [0.1, 0.15) is 11.1 Å². The van der Waals surface area contributed by atoms with Gasteiger partial charge in [0.05, 0.1) is 22.8 Å². The number of nitrogens with zero attached hydrogens (tertiary/aromatic N) is 2. The summed E-state index contributed by atoms with van der Waals surface area (Å²) >= 11 is 0. The van der Waals surface area contributed by atoms with Crippen LogP contribution in [0.25, 0.3) is 10.8 Å². The van der Waals surface area contributed by atoms with Crippen molar-refractivity contribution in [2.24, 2.45) is 9.98 Å². The first-order chi connectivity index (χ1) is 12.9. The molecule has 4 aromatic rings. The van der Waals surface area contributed by atoms with Gasteiger partial charge >= 0.3 is 0 Å². The number of rotatable bonds is 2. The van der Waals surface area contributed by atoms with E-state index in [1.807, 2.05) is 60.7 Å². The normalized spacial score (nSPS) is 14.7. The van der Waals surface area contributed by atoms with Gasteiger partial charge < -0.3 is 7.43 Å². The molecule has 0 atom stereocenters. The van der Waals surface area contributed by atoms with Crippen molar-refractivity contribution in [3.05, 3.63) is 116 Å². The van der Waals surface area contributed by atoms with Crippen LogP contribution in [0, 0.1) is 7.43 Å². The molecule has 28 heavy (non-hydrogen) atoms. The summed E-state index contributed by atoms with van der Waals surface area (Å²) in [6.07, 6.45) is 0. The molecule has 3 heteroatoms. The van der Waals surface area contributed by atoms with Gasteiger partial charge in [0, 0.05) is 33.0 Å². The Hall–Kier alpha value is -3.03. The maximum atomic E-state index is 4.96. The molecular weight excluding hydrogens is 387 g/mol. The van der Waals surface area contributed by atoms with Crippen molar-refractivity contribution in [1.29, 1.82) is 0 Å². The van der Waals surface area contributed by atoms with Crippen molar-refractivity contribution >= 4 is 33.6 Å². The zero-order valence-electron chi connectivity index (χ0n) is 15.4. The van der Waals surface area contributed by atoms with Crippen LogP contribution >= 0.6 is 0 Å². The molecule has 140 valence electrons. The summed E-state index contributed by atoms with van der Waals surface area (Å²) < 4.78 is 0. The standard InChI is InChI=1S/C24H16N2.CH3.Ni/c1-3-11-18(12-4-1)25-23-20-15-7-9-17-10-8-16-21(22(17)20)24(23)26-19-13-5-2-6-14-19;;/h1-16H;1H3;/q;-1;. The Kier molecular flexibility index (Phi) is 5.87. The average Bonchev–Trinajstić information content (AvgIpc) is 2.99. The van der Waals surface area contributed by atoms with E-state index in [9.17, 15) is 0 Å². The minimum Gasteiger partial charge on any atom is -0.358 e. The molecule has 0 saturated heterocycles. The molecular formula is C25H19N2Ni-. The first-order valence-electron chi connectivity index (χ1n) is 8.70. The second-order valence-electron chi connectivity index (χ2n) is 6.30. The first kappa shape index (κ1) is 19.7. The number of hydrogen-bond acceptors (Lipinski definition) is 2. The van der Waals surface area contributed by atoms with Crippen LogP contribution in [0.2, 0.25) is 0 Å². The van der Waals surface area contributed by atoms with Crippen molar-refractivity contribution in [1.82, 2.24) is 0 Å². The predicted molar refractivity (Wildman–Crippen MR) is 116 cm³/mol. The third-order valence-electron chi connectivity index (χ3n) is 4.63. The molecule has 0 N–H and O–H groups in total. The summed E-state index contributed by atoms with van der Waals surface area (Å²) in [5, 5.41) is 2.46. The van der Waals surface area contributed by atoms with E-state index in [1.165, 1.54) is 10.8 Å². The maximum Gasteiger partial charge on any atom is 0.0978 e. The van der Waals surface area contributed by atoms with Gasteiger partial charge in [-0.25, -0.2) is 9.98 Å². The number of hydrogen-bond donors (Lipinski definition) is 0. The molecule has 0 unspecified atom stereocenters. The Labute approximate surface area is 175 Å². The van der Waals surface area contributed by atoms with Crippen molar-refractivity contribution in [2.45, 2.75) is 0 Å². The van der Waals surface area contributed by atoms with E-state index in [-0.39, 0.29) is 23.9 Å². The van der Waals surface area contributed by atoms with E-state index in [0.717, 1.165) is 33.9 Å². The third kappa shape index (κ3) is 3.42. The minimum atomic E-state index is 0. The Morgan fingerprint density at radius 3 is 1.32 bits per heavy atom. The molecule has 0 amide bonds. The van der Waals surface area contributed by atoms with E-state index >= 15 is 0 Å². The molecule has 1 aliphatic rings. The van der Waals surface area contributed by atoms with E-state index in [0.29, 0.717) is 0 Å². The van der Waals surface area contributed by atoms with Crippen LogP contribution in [0.4, 0.5) is 11.4 Å². The molecule has 0 saturated carbocycles. The SMILES string of the molecule is [CH3-].[Ni].c1ccc(N=C2C(=Nc3ccccc3)c3cccc4cccc2c34)cc1. The minimum absolute atomic E-state index is 0. The quantitative estimate of drug-likeness (QED) is 0.267. The van der Waals surface area contributed by atoms with Crippen LogP contribution in [0.3, 0.4) is 0 Å². The van der Waals surface area contributed by atoms with E-state index in [1.54, 1.807) is 0 Å². The summed E-state index contributed by atoms with van der Waals surface area (Å²) in [4.78, 5) is 9.92. The molecule has 0 heterocycles. The molecule has 0 radical (unpaired) electrons. The van der Waals surface area contributed by atoms with Crippen molar-refractivity contribution in [2.75, 3.05) is 0 Å². The second-order valence-corrected chi connectivity index (χ2v) is 6.30. The molecule has 2 nitrogen and oxygen atoms in total. The number of benzene rings is 4. The smallest absolute Gasteiger partial charge is 0.0978 e. The van der Waals surface area contributed by atoms with E-state index < -0.39 is 0 Å². The van der Waals surface area contributed by atoms with Crippen LogP contribution in [0.5, 0.6) is 0 Å².